The monoisotopic (exact) mass is 181 g/mol. The molecule has 2 N–H and O–H groups in total. The second kappa shape index (κ2) is 4.61. The summed E-state index contributed by atoms with van der Waals surface area (Å²) in [5.41, 5.74) is 0. The SMILES string of the molecule is C1CN=C(NCCC2CCNC2)C1. The van der Waals surface area contributed by atoms with Gasteiger partial charge in [0.05, 0.1) is 5.84 Å². The van der Waals surface area contributed by atoms with Gasteiger partial charge in [-0.25, -0.2) is 0 Å². The van der Waals surface area contributed by atoms with Crippen molar-refractivity contribution in [3.63, 3.8) is 0 Å². The van der Waals surface area contributed by atoms with E-state index in [0.29, 0.717) is 0 Å². The number of hydrogen-bond acceptors (Lipinski definition) is 3. The molecule has 2 heterocycles. The Labute approximate surface area is 80.0 Å². The fraction of sp³-hybridized carbons (Fsp3) is 0.900. The Morgan fingerprint density at radius 2 is 2.54 bits per heavy atom. The molecule has 0 spiro atoms. The van der Waals surface area contributed by atoms with Crippen LogP contribution in [0.2, 0.25) is 0 Å². The zero-order valence-corrected chi connectivity index (χ0v) is 8.18. The lowest BCUT2D eigenvalue weighted by molar-refractivity contribution is 0.527. The van der Waals surface area contributed by atoms with E-state index >= 15 is 0 Å². The van der Waals surface area contributed by atoms with Gasteiger partial charge < -0.3 is 10.6 Å². The molecule has 0 saturated carbocycles. The Morgan fingerprint density at radius 1 is 1.54 bits per heavy atom. The predicted octanol–water partition coefficient (Wildman–Crippen LogP) is 0.768. The lowest BCUT2D eigenvalue weighted by Gasteiger charge is -2.09. The number of amidine groups is 1. The highest BCUT2D eigenvalue weighted by atomic mass is 15.0. The maximum atomic E-state index is 4.39. The molecule has 0 amide bonds. The minimum absolute atomic E-state index is 0.898. The summed E-state index contributed by atoms with van der Waals surface area (Å²) in [6, 6.07) is 0. The molecule has 1 saturated heterocycles. The summed E-state index contributed by atoms with van der Waals surface area (Å²) in [6.07, 6.45) is 5.07. The van der Waals surface area contributed by atoms with Crippen LogP contribution >= 0.6 is 0 Å². The summed E-state index contributed by atoms with van der Waals surface area (Å²) in [5, 5.41) is 6.82. The first-order chi connectivity index (χ1) is 6.45. The normalized spacial score (nSPS) is 27.7. The predicted molar refractivity (Wildman–Crippen MR) is 55.1 cm³/mol. The van der Waals surface area contributed by atoms with Crippen LogP contribution in [0, 0.1) is 5.92 Å². The van der Waals surface area contributed by atoms with Crippen molar-refractivity contribution in [2.75, 3.05) is 26.2 Å². The largest absolute Gasteiger partial charge is 0.374 e. The number of hydrogen-bond donors (Lipinski definition) is 2. The third-order valence-corrected chi connectivity index (χ3v) is 2.92. The molecule has 0 radical (unpaired) electrons. The average molecular weight is 181 g/mol. The highest BCUT2D eigenvalue weighted by molar-refractivity contribution is 5.83. The molecule has 1 atom stereocenters. The minimum atomic E-state index is 0.898. The van der Waals surface area contributed by atoms with Crippen LogP contribution in [-0.2, 0) is 0 Å². The fourth-order valence-corrected chi connectivity index (χ4v) is 2.07. The molecule has 1 unspecified atom stereocenters. The van der Waals surface area contributed by atoms with Gasteiger partial charge in [-0.3, -0.25) is 4.99 Å². The molecular weight excluding hydrogens is 162 g/mol. The zero-order valence-electron chi connectivity index (χ0n) is 8.18. The van der Waals surface area contributed by atoms with Crippen molar-refractivity contribution in [3.05, 3.63) is 0 Å². The van der Waals surface area contributed by atoms with Crippen LogP contribution in [0.15, 0.2) is 4.99 Å². The molecule has 0 aromatic heterocycles. The molecule has 3 nitrogen and oxygen atoms in total. The van der Waals surface area contributed by atoms with Crippen molar-refractivity contribution in [2.24, 2.45) is 10.9 Å². The number of rotatable bonds is 3. The third kappa shape index (κ3) is 2.69. The van der Waals surface area contributed by atoms with E-state index in [1.54, 1.807) is 0 Å². The minimum Gasteiger partial charge on any atom is -0.374 e. The number of aliphatic imine (C=N–C) groups is 1. The Kier molecular flexibility index (Phi) is 3.19. The maximum absolute atomic E-state index is 4.39. The van der Waals surface area contributed by atoms with Crippen molar-refractivity contribution < 1.29 is 0 Å². The molecule has 2 rings (SSSR count). The second-order valence-corrected chi connectivity index (χ2v) is 4.01. The average Bonchev–Trinajstić information content (AvgIpc) is 2.75. The topological polar surface area (TPSA) is 36.4 Å². The van der Waals surface area contributed by atoms with Gasteiger partial charge in [-0.15, -0.1) is 0 Å². The van der Waals surface area contributed by atoms with Crippen LogP contribution in [0.5, 0.6) is 0 Å². The maximum Gasteiger partial charge on any atom is 0.0963 e. The second-order valence-electron chi connectivity index (χ2n) is 4.01. The van der Waals surface area contributed by atoms with E-state index in [2.05, 4.69) is 15.6 Å². The van der Waals surface area contributed by atoms with E-state index in [0.717, 1.165) is 19.0 Å². The van der Waals surface area contributed by atoms with Gasteiger partial charge >= 0.3 is 0 Å². The van der Waals surface area contributed by atoms with Crippen LogP contribution in [0.4, 0.5) is 0 Å². The Hall–Kier alpha value is -0.570. The summed E-state index contributed by atoms with van der Waals surface area (Å²) in [7, 11) is 0. The number of nitrogens with zero attached hydrogens (tertiary/aromatic N) is 1. The van der Waals surface area contributed by atoms with Crippen LogP contribution in [-0.4, -0.2) is 32.0 Å². The molecule has 0 aliphatic carbocycles. The van der Waals surface area contributed by atoms with Gasteiger partial charge in [-0.05, 0) is 38.3 Å². The van der Waals surface area contributed by atoms with Gasteiger partial charge in [0.15, 0.2) is 0 Å². The first-order valence-corrected chi connectivity index (χ1v) is 5.43. The Balaban J connectivity index is 1.57. The molecule has 0 aromatic rings. The molecule has 0 bridgehead atoms. The van der Waals surface area contributed by atoms with Crippen molar-refractivity contribution in [3.8, 4) is 0 Å². The summed E-state index contributed by atoms with van der Waals surface area (Å²) in [6.45, 7) is 4.58. The summed E-state index contributed by atoms with van der Waals surface area (Å²) < 4.78 is 0. The van der Waals surface area contributed by atoms with E-state index in [1.807, 2.05) is 0 Å². The van der Waals surface area contributed by atoms with E-state index in [4.69, 9.17) is 0 Å². The van der Waals surface area contributed by atoms with Crippen LogP contribution in [0.25, 0.3) is 0 Å². The van der Waals surface area contributed by atoms with E-state index in [1.165, 1.54) is 44.6 Å². The molecule has 2 aliphatic heterocycles. The first kappa shape index (κ1) is 9.00. The van der Waals surface area contributed by atoms with E-state index in [-0.39, 0.29) is 0 Å². The molecular formula is C10H19N3. The van der Waals surface area contributed by atoms with Crippen molar-refractivity contribution in [2.45, 2.75) is 25.7 Å². The molecule has 2 aliphatic rings. The fourth-order valence-electron chi connectivity index (χ4n) is 2.07. The summed E-state index contributed by atoms with van der Waals surface area (Å²) in [5.74, 6) is 2.14. The molecule has 1 fully saturated rings. The van der Waals surface area contributed by atoms with Gasteiger partial charge in [-0.2, -0.15) is 0 Å². The lowest BCUT2D eigenvalue weighted by Crippen LogP contribution is -2.24. The van der Waals surface area contributed by atoms with Gasteiger partial charge in [0.25, 0.3) is 0 Å². The van der Waals surface area contributed by atoms with Gasteiger partial charge in [0.1, 0.15) is 0 Å². The Morgan fingerprint density at radius 3 is 3.23 bits per heavy atom. The highest BCUT2D eigenvalue weighted by Crippen LogP contribution is 2.11. The molecule has 74 valence electrons. The van der Waals surface area contributed by atoms with Crippen molar-refractivity contribution >= 4 is 5.84 Å². The van der Waals surface area contributed by atoms with Crippen LogP contribution in [0.1, 0.15) is 25.7 Å². The summed E-state index contributed by atoms with van der Waals surface area (Å²) >= 11 is 0. The molecule has 13 heavy (non-hydrogen) atoms. The quantitative estimate of drug-likeness (QED) is 0.674. The van der Waals surface area contributed by atoms with Crippen molar-refractivity contribution in [1.29, 1.82) is 0 Å². The standard InChI is InChI=1S/C10H19N3/c1-2-10(12-5-1)13-7-4-9-3-6-11-8-9/h9,11H,1-8H2,(H,12,13). The van der Waals surface area contributed by atoms with E-state index < -0.39 is 0 Å². The first-order valence-electron chi connectivity index (χ1n) is 5.43. The summed E-state index contributed by atoms with van der Waals surface area (Å²) in [4.78, 5) is 4.39. The van der Waals surface area contributed by atoms with Crippen molar-refractivity contribution in [1.82, 2.24) is 10.6 Å². The van der Waals surface area contributed by atoms with Gasteiger partial charge in [0.2, 0.25) is 0 Å². The molecule has 0 aromatic carbocycles. The highest BCUT2D eigenvalue weighted by Gasteiger charge is 2.14. The van der Waals surface area contributed by atoms with Crippen LogP contribution < -0.4 is 10.6 Å². The Bertz CT molecular complexity index is 183. The third-order valence-electron chi connectivity index (χ3n) is 2.92. The number of nitrogens with one attached hydrogen (secondary N) is 2. The zero-order chi connectivity index (χ0) is 8.93. The smallest absolute Gasteiger partial charge is 0.0963 e. The van der Waals surface area contributed by atoms with Crippen LogP contribution in [0.3, 0.4) is 0 Å². The lowest BCUT2D eigenvalue weighted by atomic mass is 10.1. The van der Waals surface area contributed by atoms with E-state index in [9.17, 15) is 0 Å². The van der Waals surface area contributed by atoms with Gasteiger partial charge in [-0.1, -0.05) is 0 Å². The molecule has 3 heteroatoms. The van der Waals surface area contributed by atoms with Gasteiger partial charge in [0, 0.05) is 19.5 Å².